The first-order chi connectivity index (χ1) is 10.2. The molecule has 1 aromatic rings. The van der Waals surface area contributed by atoms with E-state index >= 15 is 0 Å². The number of hydrogen-bond donors (Lipinski definition) is 2. The van der Waals surface area contributed by atoms with Crippen molar-refractivity contribution in [3.63, 3.8) is 0 Å². The van der Waals surface area contributed by atoms with Crippen LogP contribution in [0.15, 0.2) is 18.2 Å². The highest BCUT2D eigenvalue weighted by Crippen LogP contribution is 2.12. The van der Waals surface area contributed by atoms with Crippen LogP contribution >= 0.6 is 0 Å². The van der Waals surface area contributed by atoms with E-state index in [1.807, 2.05) is 20.8 Å². The topological polar surface area (TPSA) is 50.4 Å². The van der Waals surface area contributed by atoms with Crippen LogP contribution in [-0.4, -0.2) is 24.3 Å². The Morgan fingerprint density at radius 3 is 2.32 bits per heavy atom. The summed E-state index contributed by atoms with van der Waals surface area (Å²) in [6.07, 6.45) is 0.507. The molecule has 1 rings (SSSR count). The van der Waals surface area contributed by atoms with E-state index in [-0.39, 0.29) is 12.1 Å². The van der Waals surface area contributed by atoms with Crippen molar-refractivity contribution in [2.45, 2.75) is 66.2 Å². The van der Waals surface area contributed by atoms with Crippen molar-refractivity contribution in [3.05, 3.63) is 34.9 Å². The van der Waals surface area contributed by atoms with Crippen molar-refractivity contribution in [1.29, 1.82) is 0 Å². The van der Waals surface area contributed by atoms with Crippen LogP contribution in [0.1, 0.15) is 50.8 Å². The molecule has 0 heterocycles. The van der Waals surface area contributed by atoms with Crippen LogP contribution in [0.25, 0.3) is 0 Å². The van der Waals surface area contributed by atoms with Crippen LogP contribution in [0, 0.1) is 13.8 Å². The van der Waals surface area contributed by atoms with Gasteiger partial charge in [0.15, 0.2) is 0 Å². The fourth-order valence-corrected chi connectivity index (χ4v) is 2.27. The highest BCUT2D eigenvalue weighted by Gasteiger charge is 2.18. The summed E-state index contributed by atoms with van der Waals surface area (Å²) in [5.74, 6) is 0. The molecule has 0 saturated heterocycles. The van der Waals surface area contributed by atoms with Crippen molar-refractivity contribution >= 4 is 6.09 Å². The average molecular weight is 306 g/mol. The Balaban J connectivity index is 2.46. The van der Waals surface area contributed by atoms with E-state index in [1.165, 1.54) is 16.7 Å². The molecule has 0 saturated carbocycles. The molecule has 124 valence electrons. The lowest BCUT2D eigenvalue weighted by molar-refractivity contribution is 0.0502. The third-order valence-corrected chi connectivity index (χ3v) is 3.55. The number of aryl methyl sites for hydroxylation is 2. The SMILES string of the molecule is CCC(CNCc1c(C)cccc1C)NC(=O)OC(C)(C)C. The van der Waals surface area contributed by atoms with Gasteiger partial charge in [0.05, 0.1) is 0 Å². The van der Waals surface area contributed by atoms with Crippen LogP contribution in [0.3, 0.4) is 0 Å². The summed E-state index contributed by atoms with van der Waals surface area (Å²) in [4.78, 5) is 11.8. The Morgan fingerprint density at radius 1 is 1.23 bits per heavy atom. The fraction of sp³-hybridized carbons (Fsp3) is 0.611. The molecule has 0 radical (unpaired) electrons. The van der Waals surface area contributed by atoms with Gasteiger partial charge in [-0.15, -0.1) is 0 Å². The molecule has 0 bridgehead atoms. The van der Waals surface area contributed by atoms with Crippen molar-refractivity contribution in [3.8, 4) is 0 Å². The lowest BCUT2D eigenvalue weighted by atomic mass is 10.0. The second-order valence-corrected chi connectivity index (χ2v) is 6.75. The minimum atomic E-state index is -0.464. The second kappa shape index (κ2) is 8.18. The van der Waals surface area contributed by atoms with Crippen LogP contribution in [-0.2, 0) is 11.3 Å². The molecule has 0 aliphatic heterocycles. The van der Waals surface area contributed by atoms with Gasteiger partial charge < -0.3 is 15.4 Å². The van der Waals surface area contributed by atoms with Crippen LogP contribution in [0.2, 0.25) is 0 Å². The summed E-state index contributed by atoms with van der Waals surface area (Å²) in [5.41, 5.74) is 3.45. The zero-order valence-electron chi connectivity index (χ0n) is 14.7. The van der Waals surface area contributed by atoms with Crippen molar-refractivity contribution < 1.29 is 9.53 Å². The Morgan fingerprint density at radius 2 is 1.82 bits per heavy atom. The smallest absolute Gasteiger partial charge is 0.407 e. The second-order valence-electron chi connectivity index (χ2n) is 6.75. The lowest BCUT2D eigenvalue weighted by Crippen LogP contribution is -2.43. The van der Waals surface area contributed by atoms with Crippen LogP contribution in [0.5, 0.6) is 0 Å². The molecule has 1 amide bonds. The molecule has 0 spiro atoms. The largest absolute Gasteiger partial charge is 0.444 e. The molecule has 0 aliphatic carbocycles. The maximum atomic E-state index is 11.8. The molecule has 0 aromatic heterocycles. The highest BCUT2D eigenvalue weighted by molar-refractivity contribution is 5.68. The number of ether oxygens (including phenoxy) is 1. The van der Waals surface area contributed by atoms with Gasteiger partial charge in [0.25, 0.3) is 0 Å². The van der Waals surface area contributed by atoms with Gasteiger partial charge in [0.2, 0.25) is 0 Å². The van der Waals surface area contributed by atoms with Gasteiger partial charge >= 0.3 is 6.09 Å². The van der Waals surface area contributed by atoms with Crippen LogP contribution in [0.4, 0.5) is 4.79 Å². The molecular weight excluding hydrogens is 276 g/mol. The summed E-state index contributed by atoms with van der Waals surface area (Å²) in [6, 6.07) is 6.40. The van der Waals surface area contributed by atoms with E-state index in [0.29, 0.717) is 0 Å². The van der Waals surface area contributed by atoms with Gasteiger partial charge in [-0.2, -0.15) is 0 Å². The summed E-state index contributed by atoms with van der Waals surface area (Å²) in [6.45, 7) is 13.4. The number of carbonyl (C=O) groups is 1. The fourth-order valence-electron chi connectivity index (χ4n) is 2.27. The predicted octanol–water partition coefficient (Wildman–Crippen LogP) is 3.70. The third-order valence-electron chi connectivity index (χ3n) is 3.55. The first-order valence-corrected chi connectivity index (χ1v) is 7.98. The van der Waals surface area contributed by atoms with Gasteiger partial charge in [-0.05, 0) is 57.7 Å². The molecular formula is C18H30N2O2. The van der Waals surface area contributed by atoms with Gasteiger partial charge in [-0.25, -0.2) is 4.79 Å². The Labute approximate surface area is 134 Å². The van der Waals surface area contributed by atoms with Gasteiger partial charge in [0, 0.05) is 19.1 Å². The van der Waals surface area contributed by atoms with Gasteiger partial charge in [-0.3, -0.25) is 0 Å². The molecule has 1 aromatic carbocycles. The molecule has 4 nitrogen and oxygen atoms in total. The quantitative estimate of drug-likeness (QED) is 0.842. The monoisotopic (exact) mass is 306 g/mol. The van der Waals surface area contributed by atoms with Crippen LogP contribution < -0.4 is 10.6 Å². The maximum Gasteiger partial charge on any atom is 0.407 e. The number of alkyl carbamates (subject to hydrolysis) is 1. The lowest BCUT2D eigenvalue weighted by Gasteiger charge is -2.23. The molecule has 0 fully saturated rings. The number of amides is 1. The number of nitrogens with one attached hydrogen (secondary N) is 2. The van der Waals surface area contributed by atoms with E-state index in [1.54, 1.807) is 0 Å². The average Bonchev–Trinajstić information content (AvgIpc) is 2.38. The number of benzene rings is 1. The van der Waals surface area contributed by atoms with Crippen molar-refractivity contribution in [2.24, 2.45) is 0 Å². The number of hydrogen-bond acceptors (Lipinski definition) is 3. The summed E-state index contributed by atoms with van der Waals surface area (Å²) in [5, 5.41) is 6.35. The van der Waals surface area contributed by atoms with Gasteiger partial charge in [-0.1, -0.05) is 25.1 Å². The first-order valence-electron chi connectivity index (χ1n) is 7.98. The van der Waals surface area contributed by atoms with E-state index in [0.717, 1.165) is 19.5 Å². The zero-order chi connectivity index (χ0) is 16.8. The van der Waals surface area contributed by atoms with E-state index in [2.05, 4.69) is 49.6 Å². The first kappa shape index (κ1) is 18.5. The molecule has 2 N–H and O–H groups in total. The molecule has 1 atom stereocenters. The third kappa shape index (κ3) is 6.48. The Hall–Kier alpha value is -1.55. The predicted molar refractivity (Wildman–Crippen MR) is 91.1 cm³/mol. The molecule has 1 unspecified atom stereocenters. The standard InChI is InChI=1S/C18H30N2O2/c1-7-15(20-17(21)22-18(4,5)6)11-19-12-16-13(2)9-8-10-14(16)3/h8-10,15,19H,7,11-12H2,1-6H3,(H,20,21). The highest BCUT2D eigenvalue weighted by atomic mass is 16.6. The summed E-state index contributed by atoms with van der Waals surface area (Å²) >= 11 is 0. The molecule has 4 heteroatoms. The molecule has 0 aliphatic rings. The maximum absolute atomic E-state index is 11.8. The number of rotatable bonds is 6. The van der Waals surface area contributed by atoms with Crippen molar-refractivity contribution in [1.82, 2.24) is 10.6 Å². The Kier molecular flexibility index (Phi) is 6.88. The zero-order valence-corrected chi connectivity index (χ0v) is 14.7. The van der Waals surface area contributed by atoms with E-state index < -0.39 is 5.60 Å². The van der Waals surface area contributed by atoms with Crippen molar-refractivity contribution in [2.75, 3.05) is 6.54 Å². The van der Waals surface area contributed by atoms with Gasteiger partial charge in [0.1, 0.15) is 5.60 Å². The minimum Gasteiger partial charge on any atom is -0.444 e. The van der Waals surface area contributed by atoms with E-state index in [9.17, 15) is 4.79 Å². The minimum absolute atomic E-state index is 0.0687. The summed E-state index contributed by atoms with van der Waals surface area (Å²) < 4.78 is 5.30. The summed E-state index contributed by atoms with van der Waals surface area (Å²) in [7, 11) is 0. The Bertz CT molecular complexity index is 472. The normalized spacial score (nSPS) is 12.8. The molecule has 22 heavy (non-hydrogen) atoms. The number of carbonyl (C=O) groups excluding carboxylic acids is 1. The van der Waals surface area contributed by atoms with E-state index in [4.69, 9.17) is 4.74 Å².